The number of rotatable bonds is 10. The Morgan fingerprint density at radius 2 is 2.05 bits per heavy atom. The number of nitrogens with one attached hydrogen (secondary N) is 2. The van der Waals surface area contributed by atoms with Crippen LogP contribution in [0.3, 0.4) is 0 Å². The molecule has 3 N–H and O–H groups in total. The fraction of sp³-hybridized carbons (Fsp3) is 0.320. The van der Waals surface area contributed by atoms with Crippen molar-refractivity contribution in [3.63, 3.8) is 0 Å². The van der Waals surface area contributed by atoms with Gasteiger partial charge < -0.3 is 13.9 Å². The van der Waals surface area contributed by atoms with Gasteiger partial charge in [0.05, 0.1) is 36.0 Å². The first kappa shape index (κ1) is 23.9. The number of aliphatic hydroxyl groups excluding tert-OH is 1. The minimum Gasteiger partial charge on any atom is -0.373 e. The van der Waals surface area contributed by atoms with E-state index in [1.807, 2.05) is 22.9 Å². The summed E-state index contributed by atoms with van der Waals surface area (Å²) in [5.41, 5.74) is 6.31. The Morgan fingerprint density at radius 3 is 2.90 bits per heavy atom. The van der Waals surface area contributed by atoms with E-state index in [9.17, 15) is 5.11 Å². The number of halogens is 1. The van der Waals surface area contributed by atoms with Crippen LogP contribution in [0.2, 0.25) is 5.02 Å². The number of nitrogens with zero attached hydrogens (tertiary/aromatic N) is 10. The molecule has 1 atom stereocenters. The Labute approximate surface area is 226 Å². The van der Waals surface area contributed by atoms with Gasteiger partial charge in [-0.3, -0.25) is 5.32 Å². The van der Waals surface area contributed by atoms with Crippen LogP contribution in [0.4, 0.5) is 0 Å². The van der Waals surface area contributed by atoms with Crippen LogP contribution in [0, 0.1) is 0 Å². The van der Waals surface area contributed by atoms with Crippen molar-refractivity contribution in [1.29, 1.82) is 0 Å². The zero-order valence-electron chi connectivity index (χ0n) is 20.8. The lowest BCUT2D eigenvalue weighted by atomic mass is 10.1. The molecule has 0 saturated heterocycles. The van der Waals surface area contributed by atoms with E-state index in [-0.39, 0.29) is 0 Å². The number of aryl methyl sites for hydroxylation is 2. The number of pyridine rings is 2. The molecule has 14 heteroatoms. The number of hydrogen-bond acceptors (Lipinski definition) is 9. The van der Waals surface area contributed by atoms with E-state index in [1.165, 1.54) is 18.4 Å². The van der Waals surface area contributed by atoms with Crippen molar-refractivity contribution >= 4 is 22.8 Å². The molecule has 1 aliphatic rings. The molecule has 39 heavy (non-hydrogen) atoms. The van der Waals surface area contributed by atoms with Crippen LogP contribution in [0.1, 0.15) is 59.0 Å². The van der Waals surface area contributed by atoms with Gasteiger partial charge in [0.1, 0.15) is 11.3 Å². The minimum atomic E-state index is -1.01. The molecule has 6 aromatic rings. The predicted molar refractivity (Wildman–Crippen MR) is 140 cm³/mol. The van der Waals surface area contributed by atoms with E-state index in [1.54, 1.807) is 23.3 Å². The molecule has 0 radical (unpaired) electrons. The molecule has 1 fully saturated rings. The third kappa shape index (κ3) is 4.99. The smallest absolute Gasteiger partial charge is 0.174 e. The van der Waals surface area contributed by atoms with Crippen molar-refractivity contribution < 1.29 is 5.11 Å². The Bertz CT molecular complexity index is 1750. The molecular weight excluding hydrogens is 520 g/mol. The summed E-state index contributed by atoms with van der Waals surface area (Å²) in [7, 11) is 0. The standard InChI is InChI=1S/C25H25ClN12O/c26-18-5-6-36-14-28-20(22(36)8-18)9-27-25(39)21-13-38(35-30-21)12-19-11-37-10-17(15-1-2-15)7-16(24(37)29-19)3-4-23-31-33-34-32-23/h5-8,10-11,13-15,25,27,39H,1-4,9,12H2,(H,31,32,33,34). The monoisotopic (exact) mass is 544 g/mol. The van der Waals surface area contributed by atoms with Crippen LogP contribution in [-0.2, 0) is 25.9 Å². The fourth-order valence-corrected chi connectivity index (χ4v) is 4.97. The zero-order valence-corrected chi connectivity index (χ0v) is 21.6. The van der Waals surface area contributed by atoms with Crippen LogP contribution in [0.25, 0.3) is 11.2 Å². The number of imidazole rings is 2. The lowest BCUT2D eigenvalue weighted by Gasteiger charge is -2.08. The maximum absolute atomic E-state index is 10.7. The van der Waals surface area contributed by atoms with Crippen LogP contribution >= 0.6 is 11.6 Å². The summed E-state index contributed by atoms with van der Waals surface area (Å²) in [6.07, 6.45) is 12.4. The molecule has 0 spiro atoms. The molecule has 6 aromatic heterocycles. The molecule has 6 heterocycles. The van der Waals surface area contributed by atoms with Crippen molar-refractivity contribution in [2.24, 2.45) is 0 Å². The number of fused-ring (bicyclic) bond motifs is 2. The second kappa shape index (κ2) is 9.84. The summed E-state index contributed by atoms with van der Waals surface area (Å²) >= 11 is 6.12. The number of aliphatic hydroxyl groups is 1. The van der Waals surface area contributed by atoms with Gasteiger partial charge in [-0.1, -0.05) is 28.1 Å². The topological polar surface area (TPSA) is 152 Å². The first-order valence-corrected chi connectivity index (χ1v) is 13.1. The fourth-order valence-electron chi connectivity index (χ4n) is 4.81. The lowest BCUT2D eigenvalue weighted by molar-refractivity contribution is 0.132. The predicted octanol–water partition coefficient (Wildman–Crippen LogP) is 2.23. The first-order valence-electron chi connectivity index (χ1n) is 12.7. The quantitative estimate of drug-likeness (QED) is 0.220. The Kier molecular flexibility index (Phi) is 6.02. The van der Waals surface area contributed by atoms with Crippen molar-refractivity contribution in [2.75, 3.05) is 0 Å². The van der Waals surface area contributed by atoms with Crippen LogP contribution in [0.15, 0.2) is 49.3 Å². The largest absolute Gasteiger partial charge is 0.373 e. The lowest BCUT2D eigenvalue weighted by Crippen LogP contribution is -2.21. The molecular formula is C25H25ClN12O. The van der Waals surface area contributed by atoms with Crippen LogP contribution in [0.5, 0.6) is 0 Å². The van der Waals surface area contributed by atoms with Gasteiger partial charge in [0.15, 0.2) is 12.1 Å². The summed E-state index contributed by atoms with van der Waals surface area (Å²) in [5, 5.41) is 37.0. The number of aromatic nitrogens is 11. The van der Waals surface area contributed by atoms with Gasteiger partial charge in [-0.05, 0) is 48.4 Å². The average Bonchev–Trinajstić information content (AvgIpc) is 3.31. The molecule has 13 nitrogen and oxygen atoms in total. The van der Waals surface area contributed by atoms with E-state index in [4.69, 9.17) is 16.6 Å². The third-order valence-corrected chi connectivity index (χ3v) is 7.19. The van der Waals surface area contributed by atoms with E-state index in [0.29, 0.717) is 42.0 Å². The molecule has 0 bridgehead atoms. The van der Waals surface area contributed by atoms with E-state index >= 15 is 0 Å². The second-order valence-electron chi connectivity index (χ2n) is 9.82. The Morgan fingerprint density at radius 1 is 1.13 bits per heavy atom. The number of hydrogen-bond donors (Lipinski definition) is 3. The summed E-state index contributed by atoms with van der Waals surface area (Å²) in [6, 6.07) is 5.90. The highest BCUT2D eigenvalue weighted by Crippen LogP contribution is 2.40. The molecule has 0 aromatic carbocycles. The number of tetrazole rings is 1. The van der Waals surface area contributed by atoms with Gasteiger partial charge in [-0.2, -0.15) is 5.21 Å². The van der Waals surface area contributed by atoms with Gasteiger partial charge in [-0.25, -0.2) is 14.6 Å². The highest BCUT2D eigenvalue weighted by atomic mass is 35.5. The third-order valence-electron chi connectivity index (χ3n) is 6.96. The maximum atomic E-state index is 10.7. The second-order valence-corrected chi connectivity index (χ2v) is 10.3. The van der Waals surface area contributed by atoms with E-state index < -0.39 is 6.23 Å². The summed E-state index contributed by atoms with van der Waals surface area (Å²) in [6.45, 7) is 0.766. The van der Waals surface area contributed by atoms with Gasteiger partial charge in [0.2, 0.25) is 0 Å². The molecule has 7 rings (SSSR count). The molecule has 0 amide bonds. The zero-order chi connectivity index (χ0) is 26.3. The SMILES string of the molecule is OC(NCc1ncn2ccc(Cl)cc12)c1cn(Cc2cn3cc(C4CC4)cc(CCc4nn[nH]n4)c3n2)nn1. The van der Waals surface area contributed by atoms with Crippen molar-refractivity contribution in [2.45, 2.75) is 50.9 Å². The summed E-state index contributed by atoms with van der Waals surface area (Å²) in [4.78, 5) is 9.31. The number of aromatic amines is 1. The number of H-pyrrole nitrogens is 1. The van der Waals surface area contributed by atoms with Crippen molar-refractivity contribution in [3.05, 3.63) is 88.4 Å². The highest BCUT2D eigenvalue weighted by molar-refractivity contribution is 6.30. The first-order chi connectivity index (χ1) is 19.1. The van der Waals surface area contributed by atoms with Gasteiger partial charge in [0, 0.05) is 36.6 Å². The van der Waals surface area contributed by atoms with Crippen LogP contribution < -0.4 is 5.32 Å². The highest BCUT2D eigenvalue weighted by Gasteiger charge is 2.25. The molecule has 1 aliphatic carbocycles. The molecule has 198 valence electrons. The average molecular weight is 545 g/mol. The van der Waals surface area contributed by atoms with Gasteiger partial charge in [-0.15, -0.1) is 15.3 Å². The Hall–Kier alpha value is -4.20. The van der Waals surface area contributed by atoms with Gasteiger partial charge in [0.25, 0.3) is 0 Å². The van der Waals surface area contributed by atoms with Gasteiger partial charge >= 0.3 is 0 Å². The molecule has 0 aliphatic heterocycles. The summed E-state index contributed by atoms with van der Waals surface area (Å²) < 4.78 is 5.66. The maximum Gasteiger partial charge on any atom is 0.174 e. The molecule has 1 saturated carbocycles. The molecule has 1 unspecified atom stereocenters. The van der Waals surface area contributed by atoms with Crippen LogP contribution in [-0.4, -0.2) is 59.5 Å². The minimum absolute atomic E-state index is 0.341. The summed E-state index contributed by atoms with van der Waals surface area (Å²) in [5.74, 6) is 1.30. The van der Waals surface area contributed by atoms with Crippen molar-refractivity contribution in [3.8, 4) is 0 Å². The normalized spacial score (nSPS) is 14.5. The van der Waals surface area contributed by atoms with E-state index in [2.05, 4.69) is 57.9 Å². The van der Waals surface area contributed by atoms with Crippen molar-refractivity contribution in [1.82, 2.24) is 59.7 Å². The Balaban J connectivity index is 1.06. The van der Waals surface area contributed by atoms with E-state index in [0.717, 1.165) is 34.5 Å².